The molecule has 0 radical (unpaired) electrons. The third-order valence-electron chi connectivity index (χ3n) is 1.58. The zero-order valence-corrected chi connectivity index (χ0v) is 9.20. The Hall–Kier alpha value is -0.170. The van der Waals surface area contributed by atoms with Crippen LogP contribution in [0.4, 0.5) is 0 Å². The Kier molecular flexibility index (Phi) is 4.65. The third kappa shape index (κ3) is 3.22. The summed E-state index contributed by atoms with van der Waals surface area (Å²) in [6.07, 6.45) is 0.608. The van der Waals surface area contributed by atoms with Crippen molar-refractivity contribution >= 4 is 39.8 Å². The van der Waals surface area contributed by atoms with Crippen molar-refractivity contribution in [2.24, 2.45) is 0 Å². The van der Waals surface area contributed by atoms with Crippen LogP contribution in [0.3, 0.4) is 0 Å². The second-order valence-electron chi connectivity index (χ2n) is 2.52. The molecule has 0 fully saturated rings. The van der Waals surface area contributed by atoms with Gasteiger partial charge in [0.2, 0.25) is 0 Å². The van der Waals surface area contributed by atoms with Crippen molar-refractivity contribution in [3.05, 3.63) is 40.9 Å². The largest absolute Gasteiger partial charge is 0.126 e. The van der Waals surface area contributed by atoms with Crippen molar-refractivity contribution in [1.29, 1.82) is 0 Å². The normalized spacial score (nSPS) is 12.5. The first kappa shape index (κ1) is 10.9. The van der Waals surface area contributed by atoms with Crippen LogP contribution in [-0.2, 0) is 0 Å². The number of hydrogen-bond donors (Lipinski definition) is 0. The van der Waals surface area contributed by atoms with E-state index in [-0.39, 0.29) is 0 Å². The van der Waals surface area contributed by atoms with E-state index < -0.39 is 0 Å². The molecular weight excluding hydrogens is 226 g/mol. The summed E-state index contributed by atoms with van der Waals surface area (Å²) in [6, 6.07) is 9.60. The fraction of sp³-hybridized carbons (Fsp3) is 0.200. The lowest BCUT2D eigenvalue weighted by molar-refractivity contribution is 1.21. The van der Waals surface area contributed by atoms with E-state index in [4.69, 9.17) is 34.8 Å². The average molecular weight is 236 g/mol. The van der Waals surface area contributed by atoms with Crippen LogP contribution >= 0.6 is 34.8 Å². The maximum absolute atomic E-state index is 6.02. The van der Waals surface area contributed by atoms with Crippen LogP contribution in [0.2, 0.25) is 0 Å². The molecule has 0 aliphatic carbocycles. The summed E-state index contributed by atoms with van der Waals surface area (Å²) in [5.74, 6) is 0.488. The smallest absolute Gasteiger partial charge is 0.0623 e. The molecule has 0 bridgehead atoms. The predicted octanol–water partition coefficient (Wildman–Crippen LogP) is 4.46. The maximum Gasteiger partial charge on any atom is 0.0623 e. The first-order valence-electron chi connectivity index (χ1n) is 3.91. The molecule has 0 saturated heterocycles. The quantitative estimate of drug-likeness (QED) is 0.679. The van der Waals surface area contributed by atoms with Crippen molar-refractivity contribution in [1.82, 2.24) is 0 Å². The zero-order chi connectivity index (χ0) is 9.68. The van der Waals surface area contributed by atoms with Crippen LogP contribution in [0.1, 0.15) is 12.0 Å². The molecule has 0 aromatic heterocycles. The second-order valence-corrected chi connectivity index (χ2v) is 3.74. The Balaban J connectivity index is 2.89. The molecule has 0 N–H and O–H groups in total. The van der Waals surface area contributed by atoms with Gasteiger partial charge in [-0.1, -0.05) is 53.5 Å². The van der Waals surface area contributed by atoms with Gasteiger partial charge in [0.15, 0.2) is 0 Å². The van der Waals surface area contributed by atoms with Gasteiger partial charge in [-0.05, 0) is 12.0 Å². The van der Waals surface area contributed by atoms with E-state index in [1.807, 2.05) is 30.3 Å². The van der Waals surface area contributed by atoms with E-state index >= 15 is 0 Å². The molecular formula is C10H9Cl3. The topological polar surface area (TPSA) is 0 Å². The van der Waals surface area contributed by atoms with Gasteiger partial charge in [0.25, 0.3) is 0 Å². The Morgan fingerprint density at radius 3 is 2.23 bits per heavy atom. The maximum atomic E-state index is 6.02. The summed E-state index contributed by atoms with van der Waals surface area (Å²) in [7, 11) is 0. The van der Waals surface area contributed by atoms with Crippen molar-refractivity contribution in [2.45, 2.75) is 6.42 Å². The number of halogens is 3. The molecule has 0 nitrogen and oxygen atoms in total. The van der Waals surface area contributed by atoms with Crippen LogP contribution < -0.4 is 0 Å². The number of allylic oxidation sites excluding steroid dienone is 1. The third-order valence-corrected chi connectivity index (χ3v) is 2.69. The minimum Gasteiger partial charge on any atom is -0.126 e. The Morgan fingerprint density at radius 2 is 1.69 bits per heavy atom. The molecule has 0 saturated carbocycles. The Morgan fingerprint density at radius 1 is 1.08 bits per heavy atom. The van der Waals surface area contributed by atoms with Crippen LogP contribution in [0.25, 0.3) is 5.03 Å². The minimum atomic E-state index is 0.488. The fourth-order valence-corrected chi connectivity index (χ4v) is 1.64. The van der Waals surface area contributed by atoms with Crippen LogP contribution in [0.15, 0.2) is 35.4 Å². The van der Waals surface area contributed by atoms with Crippen molar-refractivity contribution in [3.8, 4) is 0 Å². The minimum absolute atomic E-state index is 0.488. The van der Waals surface area contributed by atoms with Crippen LogP contribution in [0.5, 0.6) is 0 Å². The number of hydrogen-bond acceptors (Lipinski definition) is 0. The Labute approximate surface area is 93.1 Å². The standard InChI is InChI=1S/C10H9Cl3/c11-7-6-9(12)10(13)8-4-2-1-3-5-8/h1-5H,6-7H2/b10-9-. The highest BCUT2D eigenvalue weighted by Gasteiger charge is 2.03. The monoisotopic (exact) mass is 234 g/mol. The zero-order valence-electron chi connectivity index (χ0n) is 6.93. The van der Waals surface area contributed by atoms with Gasteiger partial charge in [0, 0.05) is 10.9 Å². The number of alkyl halides is 1. The molecule has 0 spiro atoms. The molecule has 0 heterocycles. The number of benzene rings is 1. The highest BCUT2D eigenvalue weighted by Crippen LogP contribution is 2.27. The summed E-state index contributed by atoms with van der Waals surface area (Å²) in [5, 5.41) is 1.20. The molecule has 0 atom stereocenters. The second kappa shape index (κ2) is 5.54. The fourth-order valence-electron chi connectivity index (χ4n) is 0.934. The molecule has 0 aliphatic heterocycles. The van der Waals surface area contributed by atoms with Gasteiger partial charge in [0.05, 0.1) is 5.03 Å². The van der Waals surface area contributed by atoms with E-state index in [9.17, 15) is 0 Å². The lowest BCUT2D eigenvalue weighted by Crippen LogP contribution is -1.82. The van der Waals surface area contributed by atoms with Crippen molar-refractivity contribution < 1.29 is 0 Å². The van der Waals surface area contributed by atoms with E-state index in [0.29, 0.717) is 22.4 Å². The van der Waals surface area contributed by atoms with Gasteiger partial charge >= 0.3 is 0 Å². The van der Waals surface area contributed by atoms with Gasteiger partial charge in [0.1, 0.15) is 0 Å². The van der Waals surface area contributed by atoms with E-state index in [1.54, 1.807) is 0 Å². The molecule has 0 amide bonds. The molecule has 70 valence electrons. The van der Waals surface area contributed by atoms with Crippen LogP contribution in [-0.4, -0.2) is 5.88 Å². The summed E-state index contributed by atoms with van der Waals surface area (Å²) >= 11 is 17.5. The van der Waals surface area contributed by atoms with E-state index in [0.717, 1.165) is 5.56 Å². The highest BCUT2D eigenvalue weighted by molar-refractivity contribution is 6.54. The molecule has 1 rings (SSSR count). The lowest BCUT2D eigenvalue weighted by Gasteiger charge is -2.01. The first-order chi connectivity index (χ1) is 6.25. The van der Waals surface area contributed by atoms with E-state index in [1.165, 1.54) is 0 Å². The molecule has 1 aromatic carbocycles. The molecule has 1 aromatic rings. The number of rotatable bonds is 3. The predicted molar refractivity (Wildman–Crippen MR) is 60.4 cm³/mol. The SMILES string of the molecule is ClCC/C(Cl)=C(/Cl)c1ccccc1. The molecule has 13 heavy (non-hydrogen) atoms. The van der Waals surface area contributed by atoms with Gasteiger partial charge in [-0.3, -0.25) is 0 Å². The van der Waals surface area contributed by atoms with Gasteiger partial charge in [-0.15, -0.1) is 11.6 Å². The van der Waals surface area contributed by atoms with Crippen LogP contribution in [0, 0.1) is 0 Å². The van der Waals surface area contributed by atoms with Gasteiger partial charge in [-0.2, -0.15) is 0 Å². The van der Waals surface area contributed by atoms with Crippen molar-refractivity contribution in [3.63, 3.8) is 0 Å². The summed E-state index contributed by atoms with van der Waals surface area (Å²) in [6.45, 7) is 0. The van der Waals surface area contributed by atoms with E-state index in [2.05, 4.69) is 0 Å². The summed E-state index contributed by atoms with van der Waals surface area (Å²) in [5.41, 5.74) is 0.930. The molecule has 0 unspecified atom stereocenters. The Bertz CT molecular complexity index is 290. The average Bonchev–Trinajstić information content (AvgIpc) is 2.18. The molecule has 3 heteroatoms. The summed E-state index contributed by atoms with van der Waals surface area (Å²) in [4.78, 5) is 0. The van der Waals surface area contributed by atoms with Gasteiger partial charge in [-0.25, -0.2) is 0 Å². The molecule has 0 aliphatic rings. The highest BCUT2D eigenvalue weighted by atomic mass is 35.5. The van der Waals surface area contributed by atoms with Crippen molar-refractivity contribution in [2.75, 3.05) is 5.88 Å². The first-order valence-corrected chi connectivity index (χ1v) is 5.20. The van der Waals surface area contributed by atoms with Gasteiger partial charge < -0.3 is 0 Å². The lowest BCUT2D eigenvalue weighted by atomic mass is 10.2. The summed E-state index contributed by atoms with van der Waals surface area (Å²) < 4.78 is 0.